The summed E-state index contributed by atoms with van der Waals surface area (Å²) in [7, 11) is 0. The van der Waals surface area contributed by atoms with Crippen molar-refractivity contribution in [3.05, 3.63) is 66.0 Å². The van der Waals surface area contributed by atoms with Gasteiger partial charge in [-0.1, -0.05) is 12.1 Å². The van der Waals surface area contributed by atoms with E-state index in [0.29, 0.717) is 66.2 Å². The number of halogens is 4. The Morgan fingerprint density at radius 1 is 1.07 bits per heavy atom. The lowest BCUT2D eigenvalue weighted by molar-refractivity contribution is -0.137. The van der Waals surface area contributed by atoms with Crippen molar-refractivity contribution in [3.8, 4) is 16.9 Å². The fourth-order valence-corrected chi connectivity index (χ4v) is 4.42. The van der Waals surface area contributed by atoms with Gasteiger partial charge < -0.3 is 25.8 Å². The molecule has 2 heterocycles. The van der Waals surface area contributed by atoms with E-state index in [2.05, 4.69) is 25.7 Å². The van der Waals surface area contributed by atoms with Crippen LogP contribution in [0.1, 0.15) is 5.56 Å². The fraction of sp³-hybridized carbons (Fsp3) is 0.259. The smallest absolute Gasteiger partial charge is 0.416 e. The highest BCUT2D eigenvalue weighted by atomic mass is 19.4. The van der Waals surface area contributed by atoms with Crippen LogP contribution in [-0.2, 0) is 10.9 Å². The van der Waals surface area contributed by atoms with E-state index in [0.717, 1.165) is 30.8 Å². The molecule has 0 unspecified atom stereocenters. The number of carbonyl (C=O) groups is 1. The highest BCUT2D eigenvalue weighted by Crippen LogP contribution is 2.37. The molecule has 13 heteroatoms. The van der Waals surface area contributed by atoms with Crippen LogP contribution in [0.4, 0.5) is 39.5 Å². The molecule has 0 atom stereocenters. The molecule has 5 N–H and O–H groups in total. The van der Waals surface area contributed by atoms with Crippen LogP contribution in [0.2, 0.25) is 0 Å². The van der Waals surface area contributed by atoms with Gasteiger partial charge in [0.1, 0.15) is 23.7 Å². The first kappa shape index (κ1) is 27.2. The minimum atomic E-state index is -4.67. The number of ether oxygens (including phenoxy) is 2. The number of benzene rings is 3. The van der Waals surface area contributed by atoms with Crippen molar-refractivity contribution < 1.29 is 31.8 Å². The third kappa shape index (κ3) is 6.10. The van der Waals surface area contributed by atoms with Gasteiger partial charge in [0, 0.05) is 25.3 Å². The third-order valence-electron chi connectivity index (χ3n) is 6.48. The van der Waals surface area contributed by atoms with E-state index < -0.39 is 29.3 Å². The summed E-state index contributed by atoms with van der Waals surface area (Å²) >= 11 is 0. The van der Waals surface area contributed by atoms with Crippen molar-refractivity contribution >= 4 is 34.1 Å². The zero-order valence-electron chi connectivity index (χ0n) is 21.1. The number of amides is 2. The first-order valence-corrected chi connectivity index (χ1v) is 12.4. The van der Waals surface area contributed by atoms with Crippen LogP contribution in [0, 0.1) is 5.82 Å². The number of nitrogen functional groups attached to an aromatic ring is 1. The Bertz CT molecular complexity index is 1500. The predicted octanol–water partition coefficient (Wildman–Crippen LogP) is 5.33. The Labute approximate surface area is 226 Å². The number of morpholine rings is 1. The second-order valence-corrected chi connectivity index (χ2v) is 9.12. The largest absolute Gasteiger partial charge is 0.490 e. The molecular weight excluding hydrogens is 532 g/mol. The lowest BCUT2D eigenvalue weighted by Gasteiger charge is -2.26. The number of aromatic amines is 1. The van der Waals surface area contributed by atoms with Crippen molar-refractivity contribution in [2.45, 2.75) is 6.18 Å². The van der Waals surface area contributed by atoms with Gasteiger partial charge in [-0.2, -0.15) is 18.3 Å². The van der Waals surface area contributed by atoms with E-state index in [-0.39, 0.29) is 0 Å². The quantitative estimate of drug-likeness (QED) is 0.228. The minimum absolute atomic E-state index is 0.299. The average Bonchev–Trinajstić information content (AvgIpc) is 3.32. The molecule has 40 heavy (non-hydrogen) atoms. The minimum Gasteiger partial charge on any atom is -0.490 e. The Morgan fingerprint density at radius 2 is 1.82 bits per heavy atom. The number of alkyl halides is 3. The zero-order chi connectivity index (χ0) is 28.3. The van der Waals surface area contributed by atoms with Crippen LogP contribution < -0.4 is 21.1 Å². The molecule has 1 saturated heterocycles. The van der Waals surface area contributed by atoms with Crippen molar-refractivity contribution in [3.63, 3.8) is 0 Å². The van der Waals surface area contributed by atoms with Gasteiger partial charge in [-0.15, -0.1) is 0 Å². The number of nitrogens with two attached hydrogens (primary N) is 1. The van der Waals surface area contributed by atoms with Gasteiger partial charge in [-0.25, -0.2) is 9.18 Å². The van der Waals surface area contributed by atoms with Crippen LogP contribution in [0.3, 0.4) is 0 Å². The number of hydrogen-bond donors (Lipinski definition) is 4. The molecule has 1 fully saturated rings. The maximum atomic E-state index is 14.0. The molecule has 9 nitrogen and oxygen atoms in total. The Morgan fingerprint density at radius 3 is 2.55 bits per heavy atom. The van der Waals surface area contributed by atoms with Gasteiger partial charge in [-0.3, -0.25) is 10.00 Å². The monoisotopic (exact) mass is 558 g/mol. The number of carbonyl (C=O) groups excluding carboxylic acids is 1. The molecule has 0 saturated carbocycles. The molecule has 0 bridgehead atoms. The third-order valence-corrected chi connectivity index (χ3v) is 6.48. The summed E-state index contributed by atoms with van der Waals surface area (Å²) in [5.74, 6) is -0.0740. The maximum Gasteiger partial charge on any atom is 0.416 e. The van der Waals surface area contributed by atoms with E-state index in [9.17, 15) is 22.4 Å². The van der Waals surface area contributed by atoms with Crippen molar-refractivity contribution in [2.75, 3.05) is 55.8 Å². The summed E-state index contributed by atoms with van der Waals surface area (Å²) in [5.41, 5.74) is 7.04. The molecule has 1 aliphatic heterocycles. The second kappa shape index (κ2) is 11.4. The van der Waals surface area contributed by atoms with Gasteiger partial charge in [0.2, 0.25) is 0 Å². The molecule has 0 radical (unpaired) electrons. The molecule has 1 aliphatic rings. The molecule has 0 aliphatic carbocycles. The number of rotatable bonds is 7. The van der Waals surface area contributed by atoms with E-state index in [1.54, 1.807) is 24.3 Å². The molecule has 4 aromatic rings. The number of aromatic nitrogens is 2. The van der Waals surface area contributed by atoms with Crippen molar-refractivity contribution in [2.24, 2.45) is 0 Å². The first-order valence-electron chi connectivity index (χ1n) is 12.4. The summed E-state index contributed by atoms with van der Waals surface area (Å²) in [5, 5.41) is 12.4. The molecule has 1 aromatic heterocycles. The van der Waals surface area contributed by atoms with Gasteiger partial charge in [-0.05, 0) is 53.6 Å². The number of hydrogen-bond acceptors (Lipinski definition) is 6. The number of nitrogens with zero attached hydrogens (tertiary/aromatic N) is 2. The van der Waals surface area contributed by atoms with Crippen LogP contribution >= 0.6 is 0 Å². The van der Waals surface area contributed by atoms with Gasteiger partial charge >= 0.3 is 12.2 Å². The number of fused-ring (bicyclic) bond motifs is 1. The summed E-state index contributed by atoms with van der Waals surface area (Å²) < 4.78 is 64.2. The van der Waals surface area contributed by atoms with Crippen LogP contribution in [0.5, 0.6) is 5.75 Å². The van der Waals surface area contributed by atoms with Crippen molar-refractivity contribution in [1.29, 1.82) is 0 Å². The SMILES string of the molecule is Nc1n[nH]c2c(OCCN3CCOCC3)ccc(-c3ccc(NC(=O)Nc4cc(C(F)(F)F)ccc4F)cc3)c12. The summed E-state index contributed by atoms with van der Waals surface area (Å²) in [4.78, 5) is 14.6. The molecule has 3 aromatic carbocycles. The molecule has 210 valence electrons. The summed E-state index contributed by atoms with van der Waals surface area (Å²) in [6, 6.07) is 11.3. The fourth-order valence-electron chi connectivity index (χ4n) is 4.42. The lowest BCUT2D eigenvalue weighted by Crippen LogP contribution is -2.38. The van der Waals surface area contributed by atoms with Gasteiger partial charge in [0.05, 0.1) is 29.9 Å². The molecular formula is C27H26F4N6O3. The number of urea groups is 1. The standard InChI is InChI=1S/C27H26F4N6O3/c28-20-7-3-17(27(29,30)31)15-21(20)34-26(38)33-18-4-1-16(2-5-18)19-6-8-22(24-23(19)25(32)36-35-24)40-14-11-37-9-12-39-13-10-37/h1-8,15H,9-14H2,(H3,32,35,36)(H2,33,34,38). The Kier molecular flexibility index (Phi) is 7.76. The van der Waals surface area contributed by atoms with Gasteiger partial charge in [0.15, 0.2) is 5.82 Å². The topological polar surface area (TPSA) is 118 Å². The summed E-state index contributed by atoms with van der Waals surface area (Å²) in [6.07, 6.45) is -4.67. The Balaban J connectivity index is 1.27. The highest BCUT2D eigenvalue weighted by Gasteiger charge is 2.31. The molecule has 2 amide bonds. The lowest BCUT2D eigenvalue weighted by atomic mass is 10.0. The molecule has 0 spiro atoms. The molecule has 5 rings (SSSR count). The second-order valence-electron chi connectivity index (χ2n) is 9.12. The number of nitrogens with one attached hydrogen (secondary N) is 3. The highest BCUT2D eigenvalue weighted by molar-refractivity contribution is 6.04. The van der Waals surface area contributed by atoms with Crippen molar-refractivity contribution in [1.82, 2.24) is 15.1 Å². The zero-order valence-corrected chi connectivity index (χ0v) is 21.1. The predicted molar refractivity (Wildman–Crippen MR) is 143 cm³/mol. The normalized spacial score (nSPS) is 14.3. The van der Waals surface area contributed by atoms with Crippen LogP contribution in [0.25, 0.3) is 22.0 Å². The average molecular weight is 559 g/mol. The van der Waals surface area contributed by atoms with E-state index in [1.807, 2.05) is 12.1 Å². The number of anilines is 3. The number of H-pyrrole nitrogens is 1. The van der Waals surface area contributed by atoms with Crippen LogP contribution in [0.15, 0.2) is 54.6 Å². The summed E-state index contributed by atoms with van der Waals surface area (Å²) in [6.45, 7) is 4.40. The van der Waals surface area contributed by atoms with E-state index >= 15 is 0 Å². The van der Waals surface area contributed by atoms with Crippen LogP contribution in [-0.4, -0.2) is 60.6 Å². The first-order chi connectivity index (χ1) is 19.2. The Hall–Kier alpha value is -4.36. The van der Waals surface area contributed by atoms with E-state index in [4.69, 9.17) is 15.2 Å². The van der Waals surface area contributed by atoms with E-state index in [1.165, 1.54) is 0 Å². The van der Waals surface area contributed by atoms with Gasteiger partial charge in [0.25, 0.3) is 0 Å². The maximum absolute atomic E-state index is 14.0.